The van der Waals surface area contributed by atoms with E-state index in [1.165, 1.54) is 0 Å². The fraction of sp³-hybridized carbons (Fsp3) is 0.500. The van der Waals surface area contributed by atoms with Crippen molar-refractivity contribution >= 4 is 17.5 Å². The average molecular weight is 291 g/mol. The van der Waals surface area contributed by atoms with Crippen molar-refractivity contribution in [1.82, 2.24) is 5.32 Å². The molecular formula is C16H25N3O2. The summed E-state index contributed by atoms with van der Waals surface area (Å²) < 4.78 is 0. The maximum absolute atomic E-state index is 12.2. The van der Waals surface area contributed by atoms with E-state index in [0.717, 1.165) is 6.42 Å². The monoisotopic (exact) mass is 291 g/mol. The molecule has 1 aromatic rings. The number of carbonyl (C=O) groups excluding carboxylic acids is 2. The van der Waals surface area contributed by atoms with Crippen LogP contribution in [0.2, 0.25) is 0 Å². The van der Waals surface area contributed by atoms with Crippen LogP contribution < -0.4 is 16.4 Å². The Labute approximate surface area is 126 Å². The second-order valence-corrected chi connectivity index (χ2v) is 5.30. The third kappa shape index (κ3) is 5.19. The highest BCUT2D eigenvalue weighted by atomic mass is 16.2. The van der Waals surface area contributed by atoms with E-state index in [2.05, 4.69) is 10.6 Å². The largest absolute Gasteiger partial charge is 0.350 e. The predicted molar refractivity (Wildman–Crippen MR) is 85.1 cm³/mol. The van der Waals surface area contributed by atoms with E-state index in [1.54, 1.807) is 24.3 Å². The molecule has 116 valence electrons. The van der Waals surface area contributed by atoms with Crippen molar-refractivity contribution in [3.05, 3.63) is 29.8 Å². The van der Waals surface area contributed by atoms with Crippen LogP contribution in [0, 0.1) is 5.92 Å². The highest BCUT2D eigenvalue weighted by molar-refractivity contribution is 6.04. The van der Waals surface area contributed by atoms with Crippen LogP contribution >= 0.6 is 0 Å². The van der Waals surface area contributed by atoms with E-state index < -0.39 is 0 Å². The summed E-state index contributed by atoms with van der Waals surface area (Å²) in [6.45, 7) is 6.24. The zero-order valence-corrected chi connectivity index (χ0v) is 13.0. The average Bonchev–Trinajstić information content (AvgIpc) is 2.47. The number of nitrogens with two attached hydrogens (primary N) is 1. The van der Waals surface area contributed by atoms with Crippen molar-refractivity contribution in [2.75, 3.05) is 11.9 Å². The molecule has 21 heavy (non-hydrogen) atoms. The Kier molecular flexibility index (Phi) is 6.88. The molecule has 5 nitrogen and oxygen atoms in total. The van der Waals surface area contributed by atoms with Crippen molar-refractivity contribution in [1.29, 1.82) is 0 Å². The zero-order chi connectivity index (χ0) is 15.8. The van der Waals surface area contributed by atoms with E-state index in [9.17, 15) is 9.59 Å². The van der Waals surface area contributed by atoms with Gasteiger partial charge in [0.25, 0.3) is 5.91 Å². The van der Waals surface area contributed by atoms with Crippen LogP contribution in [0.4, 0.5) is 5.69 Å². The van der Waals surface area contributed by atoms with Gasteiger partial charge in [0.2, 0.25) is 5.91 Å². The third-order valence-corrected chi connectivity index (χ3v) is 3.47. The van der Waals surface area contributed by atoms with E-state index in [1.807, 2.05) is 20.8 Å². The lowest BCUT2D eigenvalue weighted by Gasteiger charge is -2.16. The molecule has 0 heterocycles. The second kappa shape index (κ2) is 8.42. The van der Waals surface area contributed by atoms with Gasteiger partial charge in [-0.2, -0.15) is 0 Å². The van der Waals surface area contributed by atoms with Crippen molar-refractivity contribution in [3.8, 4) is 0 Å². The molecule has 0 saturated heterocycles. The summed E-state index contributed by atoms with van der Waals surface area (Å²) >= 11 is 0. The Morgan fingerprint density at radius 2 is 1.90 bits per heavy atom. The molecule has 4 N–H and O–H groups in total. The highest BCUT2D eigenvalue weighted by Crippen LogP contribution is 2.17. The highest BCUT2D eigenvalue weighted by Gasteiger charge is 2.17. The van der Waals surface area contributed by atoms with Crippen LogP contribution in [0.1, 0.15) is 44.0 Å². The number of amides is 2. The van der Waals surface area contributed by atoms with Crippen LogP contribution in [0.5, 0.6) is 0 Å². The Morgan fingerprint density at radius 3 is 2.52 bits per heavy atom. The molecule has 0 bridgehead atoms. The fourth-order valence-electron chi connectivity index (χ4n) is 1.83. The summed E-state index contributed by atoms with van der Waals surface area (Å²) in [5, 5.41) is 5.72. The van der Waals surface area contributed by atoms with E-state index in [4.69, 9.17) is 5.73 Å². The van der Waals surface area contributed by atoms with Crippen LogP contribution in [0.3, 0.4) is 0 Å². The van der Waals surface area contributed by atoms with Crippen LogP contribution in [0.15, 0.2) is 24.3 Å². The Hall–Kier alpha value is -1.88. The summed E-state index contributed by atoms with van der Waals surface area (Å²) in [5.74, 6) is -0.475. The van der Waals surface area contributed by atoms with Gasteiger partial charge in [-0.1, -0.05) is 26.0 Å². The SMILES string of the molecule is CCC(C)NC(=O)c1ccccc1NC(=O)C(C)CCN. The van der Waals surface area contributed by atoms with Crippen molar-refractivity contribution < 1.29 is 9.59 Å². The first-order valence-corrected chi connectivity index (χ1v) is 7.40. The molecule has 0 aliphatic heterocycles. The maximum atomic E-state index is 12.2. The van der Waals surface area contributed by atoms with Gasteiger partial charge in [-0.3, -0.25) is 9.59 Å². The summed E-state index contributed by atoms with van der Waals surface area (Å²) in [5.41, 5.74) is 6.48. The second-order valence-electron chi connectivity index (χ2n) is 5.30. The zero-order valence-electron chi connectivity index (χ0n) is 13.0. The quantitative estimate of drug-likeness (QED) is 0.719. The van der Waals surface area contributed by atoms with Gasteiger partial charge in [0.1, 0.15) is 0 Å². The van der Waals surface area contributed by atoms with Gasteiger partial charge in [-0.15, -0.1) is 0 Å². The van der Waals surface area contributed by atoms with Gasteiger partial charge >= 0.3 is 0 Å². The lowest BCUT2D eigenvalue weighted by atomic mass is 10.1. The lowest BCUT2D eigenvalue weighted by molar-refractivity contribution is -0.119. The smallest absolute Gasteiger partial charge is 0.253 e. The Bertz CT molecular complexity index is 488. The molecule has 0 aromatic heterocycles. The number of para-hydroxylation sites is 1. The predicted octanol–water partition coefficient (Wildman–Crippen LogP) is 2.14. The van der Waals surface area contributed by atoms with E-state index in [0.29, 0.717) is 24.2 Å². The van der Waals surface area contributed by atoms with Gasteiger partial charge in [0.05, 0.1) is 11.3 Å². The van der Waals surface area contributed by atoms with Crippen molar-refractivity contribution in [3.63, 3.8) is 0 Å². The lowest BCUT2D eigenvalue weighted by Crippen LogP contribution is -2.33. The minimum Gasteiger partial charge on any atom is -0.350 e. The fourth-order valence-corrected chi connectivity index (χ4v) is 1.83. The summed E-state index contributed by atoms with van der Waals surface area (Å²) in [6, 6.07) is 7.12. The van der Waals surface area contributed by atoms with Gasteiger partial charge < -0.3 is 16.4 Å². The summed E-state index contributed by atoms with van der Waals surface area (Å²) in [7, 11) is 0. The molecule has 2 atom stereocenters. The normalized spacial score (nSPS) is 13.3. The van der Waals surface area contributed by atoms with Gasteiger partial charge in [-0.25, -0.2) is 0 Å². The van der Waals surface area contributed by atoms with Crippen LogP contribution in [-0.2, 0) is 4.79 Å². The first-order valence-electron chi connectivity index (χ1n) is 7.40. The Morgan fingerprint density at radius 1 is 1.24 bits per heavy atom. The molecule has 0 spiro atoms. The minimum atomic E-state index is -0.180. The van der Waals surface area contributed by atoms with E-state index >= 15 is 0 Å². The van der Waals surface area contributed by atoms with Crippen molar-refractivity contribution in [2.45, 2.75) is 39.7 Å². The van der Waals surface area contributed by atoms with Gasteiger partial charge in [0.15, 0.2) is 0 Å². The molecule has 2 amide bonds. The first kappa shape index (κ1) is 17.2. The first-order chi connectivity index (χ1) is 9.99. The molecule has 1 aromatic carbocycles. The molecule has 0 aliphatic carbocycles. The number of nitrogens with one attached hydrogen (secondary N) is 2. The van der Waals surface area contributed by atoms with Gasteiger partial charge in [-0.05, 0) is 38.4 Å². The number of anilines is 1. The maximum Gasteiger partial charge on any atom is 0.253 e. The number of rotatable bonds is 7. The summed E-state index contributed by atoms with van der Waals surface area (Å²) in [4.78, 5) is 24.3. The summed E-state index contributed by atoms with van der Waals surface area (Å²) in [6.07, 6.45) is 1.47. The molecule has 5 heteroatoms. The molecule has 0 saturated carbocycles. The van der Waals surface area contributed by atoms with Gasteiger partial charge in [0, 0.05) is 12.0 Å². The van der Waals surface area contributed by atoms with Crippen LogP contribution in [-0.4, -0.2) is 24.4 Å². The molecule has 0 radical (unpaired) electrons. The van der Waals surface area contributed by atoms with Crippen LogP contribution in [0.25, 0.3) is 0 Å². The number of carbonyl (C=O) groups is 2. The number of hydrogen-bond donors (Lipinski definition) is 3. The molecular weight excluding hydrogens is 266 g/mol. The van der Waals surface area contributed by atoms with Crippen molar-refractivity contribution in [2.24, 2.45) is 11.7 Å². The molecule has 0 aliphatic rings. The Balaban J connectivity index is 2.84. The molecule has 0 fully saturated rings. The number of benzene rings is 1. The standard InChI is InChI=1S/C16H25N3O2/c1-4-12(3)18-16(21)13-7-5-6-8-14(13)19-15(20)11(2)9-10-17/h5-8,11-12H,4,9-10,17H2,1-3H3,(H,18,21)(H,19,20). The third-order valence-electron chi connectivity index (χ3n) is 3.47. The topological polar surface area (TPSA) is 84.2 Å². The van der Waals surface area contributed by atoms with E-state index in [-0.39, 0.29) is 23.8 Å². The molecule has 1 rings (SSSR count). The minimum absolute atomic E-state index is 0.0948. The molecule has 2 unspecified atom stereocenters. The number of hydrogen-bond acceptors (Lipinski definition) is 3.